The molecule has 0 spiro atoms. The van der Waals surface area contributed by atoms with Crippen LogP contribution in [0.2, 0.25) is 0 Å². The number of hydrogen-bond acceptors (Lipinski definition) is 4. The number of para-hydroxylation sites is 1. The molecule has 4 aromatic rings. The normalized spacial score (nSPS) is 17.8. The molecule has 1 atom stereocenters. The van der Waals surface area contributed by atoms with E-state index in [1.165, 1.54) is 0 Å². The summed E-state index contributed by atoms with van der Waals surface area (Å²) in [5.74, 6) is -1.43. The molecule has 172 valence electrons. The quantitative estimate of drug-likeness (QED) is 0.184. The van der Waals surface area contributed by atoms with Crippen LogP contribution in [0.5, 0.6) is 0 Å². The number of hydrogen-bond donors (Lipinski definition) is 2. The molecule has 0 aliphatic carbocycles. The van der Waals surface area contributed by atoms with Gasteiger partial charge >= 0.3 is 0 Å². The lowest BCUT2D eigenvalue weighted by Crippen LogP contribution is -2.31. The zero-order valence-corrected chi connectivity index (χ0v) is 19.2. The number of nitrogens with one attached hydrogen (secondary N) is 1. The fourth-order valence-electron chi connectivity index (χ4n) is 5.02. The maximum atomic E-state index is 13.4. The van der Waals surface area contributed by atoms with E-state index in [0.29, 0.717) is 25.1 Å². The third kappa shape index (κ3) is 3.47. The van der Waals surface area contributed by atoms with Crippen molar-refractivity contribution in [1.82, 2.24) is 9.88 Å². The van der Waals surface area contributed by atoms with Crippen molar-refractivity contribution in [3.8, 4) is 0 Å². The Kier molecular flexibility index (Phi) is 5.67. The molecule has 2 N–H and O–H groups in total. The van der Waals surface area contributed by atoms with Crippen LogP contribution in [0.1, 0.15) is 29.3 Å². The van der Waals surface area contributed by atoms with Crippen LogP contribution in [-0.4, -0.2) is 46.9 Å². The summed E-state index contributed by atoms with van der Waals surface area (Å²) in [7, 11) is 1.61. The molecule has 0 saturated carbocycles. The number of methoxy groups -OCH3 is 1. The van der Waals surface area contributed by atoms with E-state index >= 15 is 0 Å². The molecule has 1 unspecified atom stereocenters. The highest BCUT2D eigenvalue weighted by Crippen LogP contribution is 2.44. The van der Waals surface area contributed by atoms with E-state index in [1.54, 1.807) is 18.1 Å². The van der Waals surface area contributed by atoms with Gasteiger partial charge in [0.25, 0.3) is 11.7 Å². The molecule has 1 amide bonds. The van der Waals surface area contributed by atoms with Crippen LogP contribution >= 0.6 is 0 Å². The molecule has 0 radical (unpaired) electrons. The average Bonchev–Trinajstić information content (AvgIpc) is 3.31. The number of amides is 1. The number of carbonyl (C=O) groups excluding carboxylic acids is 2. The number of aromatic nitrogens is 1. The standard InChI is InChI=1S/C28H26N2O4/c1-17-23(21-12-5-6-14-22(21)29-17)25-24(27(32)28(33)30(25)15-8-16-34-2)26(31)20-13-7-10-18-9-3-4-11-19(18)20/h3-7,9-14,25,29,31H,8,15-16H2,1-2H3/b26-24+. The summed E-state index contributed by atoms with van der Waals surface area (Å²) in [6.45, 7) is 2.74. The Balaban J connectivity index is 1.76. The van der Waals surface area contributed by atoms with Gasteiger partial charge in [0.15, 0.2) is 0 Å². The molecule has 2 heterocycles. The van der Waals surface area contributed by atoms with Gasteiger partial charge in [-0.2, -0.15) is 0 Å². The van der Waals surface area contributed by atoms with Crippen molar-refractivity contribution in [2.24, 2.45) is 0 Å². The second-order valence-electron chi connectivity index (χ2n) is 8.57. The zero-order valence-electron chi connectivity index (χ0n) is 19.2. The van der Waals surface area contributed by atoms with Gasteiger partial charge in [0.05, 0.1) is 11.6 Å². The number of aromatic amines is 1. The molecule has 1 aromatic heterocycles. The lowest BCUT2D eigenvalue weighted by molar-refractivity contribution is -0.140. The van der Waals surface area contributed by atoms with Crippen molar-refractivity contribution >= 4 is 39.1 Å². The molecule has 1 aliphatic rings. The first-order valence-corrected chi connectivity index (χ1v) is 11.4. The average molecular weight is 455 g/mol. The number of aryl methyl sites for hydroxylation is 1. The highest BCUT2D eigenvalue weighted by Gasteiger charge is 2.47. The maximum Gasteiger partial charge on any atom is 0.295 e. The molecule has 0 bridgehead atoms. The second-order valence-corrected chi connectivity index (χ2v) is 8.57. The SMILES string of the molecule is COCCCN1C(=O)C(=O)/C(=C(/O)c2cccc3ccccc23)C1c1c(C)[nH]c2ccccc12. The molecule has 34 heavy (non-hydrogen) atoms. The van der Waals surface area contributed by atoms with Crippen LogP contribution in [0.25, 0.3) is 27.4 Å². The minimum atomic E-state index is -0.702. The number of benzene rings is 3. The van der Waals surface area contributed by atoms with Crippen molar-refractivity contribution < 1.29 is 19.4 Å². The fraction of sp³-hybridized carbons (Fsp3) is 0.214. The number of nitrogens with zero attached hydrogens (tertiary/aromatic N) is 1. The summed E-state index contributed by atoms with van der Waals surface area (Å²) in [5, 5.41) is 14.3. The van der Waals surface area contributed by atoms with Crippen LogP contribution in [-0.2, 0) is 14.3 Å². The Morgan fingerprint density at radius 3 is 2.50 bits per heavy atom. The fourth-order valence-corrected chi connectivity index (χ4v) is 5.02. The molecular formula is C28H26N2O4. The number of rotatable bonds is 6. The number of ketones is 1. The summed E-state index contributed by atoms with van der Waals surface area (Å²) < 4.78 is 5.18. The first-order valence-electron chi connectivity index (χ1n) is 11.4. The number of Topliss-reactive ketones (excluding diaryl/α,β-unsaturated/α-hetero) is 1. The summed E-state index contributed by atoms with van der Waals surface area (Å²) in [4.78, 5) is 31.6. The molecule has 6 nitrogen and oxygen atoms in total. The van der Waals surface area contributed by atoms with Crippen molar-refractivity contribution in [2.45, 2.75) is 19.4 Å². The van der Waals surface area contributed by atoms with Crippen molar-refractivity contribution in [3.05, 3.63) is 89.1 Å². The van der Waals surface area contributed by atoms with E-state index in [2.05, 4.69) is 4.98 Å². The van der Waals surface area contributed by atoms with Crippen LogP contribution in [0.15, 0.2) is 72.3 Å². The van der Waals surface area contributed by atoms with Crippen LogP contribution in [0, 0.1) is 6.92 Å². The first-order chi connectivity index (χ1) is 16.5. The molecule has 1 aliphatic heterocycles. The predicted molar refractivity (Wildman–Crippen MR) is 132 cm³/mol. The van der Waals surface area contributed by atoms with Gasteiger partial charge in [-0.3, -0.25) is 9.59 Å². The van der Waals surface area contributed by atoms with Crippen LogP contribution < -0.4 is 0 Å². The number of H-pyrrole nitrogens is 1. The Bertz CT molecular complexity index is 1440. The Hall–Kier alpha value is -3.90. The molecule has 1 fully saturated rings. The van der Waals surface area contributed by atoms with Gasteiger partial charge in [0, 0.05) is 48.0 Å². The Labute approximate surface area is 197 Å². The number of ether oxygens (including phenoxy) is 1. The van der Waals surface area contributed by atoms with Crippen molar-refractivity contribution in [1.29, 1.82) is 0 Å². The van der Waals surface area contributed by atoms with Gasteiger partial charge in [-0.15, -0.1) is 0 Å². The number of likely N-dealkylation sites (tertiary alicyclic amines) is 1. The second kappa shape index (κ2) is 8.80. The minimum absolute atomic E-state index is 0.117. The smallest absolute Gasteiger partial charge is 0.295 e. The van der Waals surface area contributed by atoms with E-state index in [0.717, 1.165) is 32.9 Å². The predicted octanol–water partition coefficient (Wildman–Crippen LogP) is 5.09. The van der Waals surface area contributed by atoms with Crippen LogP contribution in [0.4, 0.5) is 0 Å². The number of fused-ring (bicyclic) bond motifs is 2. The summed E-state index contributed by atoms with van der Waals surface area (Å²) in [6.07, 6.45) is 0.579. The van der Waals surface area contributed by atoms with Gasteiger partial charge in [-0.1, -0.05) is 60.7 Å². The zero-order chi connectivity index (χ0) is 23.8. The third-order valence-corrected chi connectivity index (χ3v) is 6.55. The van der Waals surface area contributed by atoms with E-state index in [-0.39, 0.29) is 11.3 Å². The van der Waals surface area contributed by atoms with Gasteiger partial charge in [-0.05, 0) is 30.2 Å². The third-order valence-electron chi connectivity index (χ3n) is 6.55. The van der Waals surface area contributed by atoms with E-state index < -0.39 is 17.7 Å². The van der Waals surface area contributed by atoms with Crippen LogP contribution in [0.3, 0.4) is 0 Å². The first kappa shape index (κ1) is 21.9. The summed E-state index contributed by atoms with van der Waals surface area (Å²) >= 11 is 0. The topological polar surface area (TPSA) is 82.6 Å². The molecule has 5 rings (SSSR count). The van der Waals surface area contributed by atoms with Gasteiger partial charge < -0.3 is 19.7 Å². The maximum absolute atomic E-state index is 13.4. The van der Waals surface area contributed by atoms with E-state index in [1.807, 2.05) is 67.6 Å². The molecule has 6 heteroatoms. The largest absolute Gasteiger partial charge is 0.507 e. The summed E-state index contributed by atoms with van der Waals surface area (Å²) in [6, 6.07) is 20.4. The number of aliphatic hydroxyl groups is 1. The Morgan fingerprint density at radius 1 is 1.00 bits per heavy atom. The molecular weight excluding hydrogens is 428 g/mol. The van der Waals surface area contributed by atoms with Gasteiger partial charge in [0.1, 0.15) is 5.76 Å². The summed E-state index contributed by atoms with van der Waals surface area (Å²) in [5.41, 5.74) is 3.26. The number of carbonyl (C=O) groups is 2. The van der Waals surface area contributed by atoms with E-state index in [9.17, 15) is 14.7 Å². The van der Waals surface area contributed by atoms with Gasteiger partial charge in [0.2, 0.25) is 0 Å². The highest BCUT2D eigenvalue weighted by molar-refractivity contribution is 6.47. The number of aliphatic hydroxyl groups excluding tert-OH is 1. The highest BCUT2D eigenvalue weighted by atomic mass is 16.5. The van der Waals surface area contributed by atoms with Gasteiger partial charge in [-0.25, -0.2) is 0 Å². The lowest BCUT2D eigenvalue weighted by Gasteiger charge is -2.25. The molecule has 1 saturated heterocycles. The lowest BCUT2D eigenvalue weighted by atomic mass is 9.92. The van der Waals surface area contributed by atoms with E-state index in [4.69, 9.17) is 4.74 Å². The van der Waals surface area contributed by atoms with Crippen molar-refractivity contribution in [3.63, 3.8) is 0 Å². The monoisotopic (exact) mass is 454 g/mol. The Morgan fingerprint density at radius 2 is 1.71 bits per heavy atom. The van der Waals surface area contributed by atoms with Crippen molar-refractivity contribution in [2.75, 3.05) is 20.3 Å². The molecule has 3 aromatic carbocycles. The minimum Gasteiger partial charge on any atom is -0.507 e.